The minimum absolute atomic E-state index is 0.0956. The topological polar surface area (TPSA) is 29.5 Å². The van der Waals surface area contributed by atoms with Crippen molar-refractivity contribution in [3.8, 4) is 0 Å². The van der Waals surface area contributed by atoms with Gasteiger partial charge in [-0.05, 0) is 62.0 Å². The molecule has 2 fully saturated rings. The van der Waals surface area contributed by atoms with Crippen LogP contribution in [0.15, 0.2) is 35.6 Å². The van der Waals surface area contributed by atoms with E-state index in [9.17, 15) is 5.11 Å². The first-order chi connectivity index (χ1) is 9.02. The highest BCUT2D eigenvalue weighted by Crippen LogP contribution is 2.46. The Morgan fingerprint density at radius 2 is 2.05 bits per heavy atom. The highest BCUT2D eigenvalue weighted by Gasteiger charge is 2.34. The molecule has 2 nitrogen and oxygen atoms in total. The number of aliphatic hydroxyl groups excluding tert-OH is 1. The fraction of sp³-hybridized carbons (Fsp3) is 0.647. The van der Waals surface area contributed by atoms with Crippen LogP contribution in [0.5, 0.6) is 0 Å². The van der Waals surface area contributed by atoms with Gasteiger partial charge in [-0.2, -0.15) is 0 Å². The summed E-state index contributed by atoms with van der Waals surface area (Å²) in [5.74, 6) is 0.630. The summed E-state index contributed by atoms with van der Waals surface area (Å²) in [6, 6.07) is 0. The third-order valence-electron chi connectivity index (χ3n) is 3.80. The van der Waals surface area contributed by atoms with E-state index in [1.54, 1.807) is 0 Å². The molecule has 0 aromatic rings. The van der Waals surface area contributed by atoms with E-state index in [2.05, 4.69) is 25.2 Å². The van der Waals surface area contributed by atoms with E-state index in [1.165, 1.54) is 31.3 Å². The van der Waals surface area contributed by atoms with Crippen LogP contribution in [0, 0.1) is 11.3 Å². The molecule has 0 atom stereocenters. The summed E-state index contributed by atoms with van der Waals surface area (Å²) in [7, 11) is 0. The minimum atomic E-state index is 0.0956. The number of hydrogen-bond acceptors (Lipinski definition) is 2. The molecule has 2 aliphatic carbocycles. The van der Waals surface area contributed by atoms with Gasteiger partial charge in [-0.15, -0.1) is 0 Å². The number of rotatable bonds is 7. The van der Waals surface area contributed by atoms with Crippen LogP contribution in [0.2, 0.25) is 0 Å². The highest BCUT2D eigenvalue weighted by atomic mass is 16.5. The summed E-state index contributed by atoms with van der Waals surface area (Å²) >= 11 is 0. The Labute approximate surface area is 116 Å². The molecule has 2 saturated carbocycles. The molecule has 106 valence electrons. The molecule has 2 rings (SSSR count). The first kappa shape index (κ1) is 14.4. The number of hydrogen-bond donors (Lipinski definition) is 1. The molecule has 2 heteroatoms. The Balaban J connectivity index is 2.04. The van der Waals surface area contributed by atoms with Gasteiger partial charge in [0.15, 0.2) is 0 Å². The Morgan fingerprint density at radius 3 is 2.53 bits per heavy atom. The lowest BCUT2D eigenvalue weighted by Crippen LogP contribution is -1.98. The van der Waals surface area contributed by atoms with Gasteiger partial charge in [-0.1, -0.05) is 25.2 Å². The second-order valence-electron chi connectivity index (χ2n) is 6.44. The van der Waals surface area contributed by atoms with Crippen molar-refractivity contribution in [2.24, 2.45) is 11.3 Å². The monoisotopic (exact) mass is 262 g/mol. The Kier molecular flexibility index (Phi) is 4.51. The van der Waals surface area contributed by atoms with E-state index < -0.39 is 0 Å². The quantitative estimate of drug-likeness (QED) is 0.555. The van der Waals surface area contributed by atoms with Gasteiger partial charge in [0.2, 0.25) is 0 Å². The maximum atomic E-state index is 9.48. The average Bonchev–Trinajstić information content (AvgIpc) is 3.25. The summed E-state index contributed by atoms with van der Waals surface area (Å²) < 4.78 is 5.60. The Morgan fingerprint density at radius 1 is 1.37 bits per heavy atom. The van der Waals surface area contributed by atoms with Crippen molar-refractivity contribution in [3.05, 3.63) is 35.6 Å². The molecule has 0 bridgehead atoms. The minimum Gasteiger partial charge on any atom is -0.498 e. The van der Waals surface area contributed by atoms with Gasteiger partial charge in [0, 0.05) is 0 Å². The van der Waals surface area contributed by atoms with Crippen molar-refractivity contribution in [2.45, 2.75) is 52.6 Å². The fourth-order valence-corrected chi connectivity index (χ4v) is 1.91. The maximum absolute atomic E-state index is 9.48. The Bertz CT molecular complexity index is 393. The van der Waals surface area contributed by atoms with Gasteiger partial charge in [0.25, 0.3) is 0 Å². The summed E-state index contributed by atoms with van der Waals surface area (Å²) in [6.45, 7) is 6.42. The molecule has 2 aliphatic rings. The van der Waals surface area contributed by atoms with Crippen molar-refractivity contribution in [1.29, 1.82) is 0 Å². The zero-order chi connectivity index (χ0) is 13.9. The molecule has 0 aromatic carbocycles. The van der Waals surface area contributed by atoms with Crippen molar-refractivity contribution in [1.82, 2.24) is 0 Å². The van der Waals surface area contributed by atoms with Crippen LogP contribution in [0.25, 0.3) is 0 Å². The normalized spacial score (nSPS) is 23.2. The second-order valence-corrected chi connectivity index (χ2v) is 6.44. The predicted octanol–water partition coefficient (Wildman–Crippen LogP) is 3.98. The van der Waals surface area contributed by atoms with E-state index >= 15 is 0 Å². The van der Waals surface area contributed by atoms with Gasteiger partial charge in [0.05, 0.1) is 19.0 Å². The molecule has 1 N–H and O–H groups in total. The smallest absolute Gasteiger partial charge is 0.0922 e. The average molecular weight is 262 g/mol. The molecule has 0 aliphatic heterocycles. The van der Waals surface area contributed by atoms with E-state index in [4.69, 9.17) is 4.74 Å². The van der Waals surface area contributed by atoms with Gasteiger partial charge in [-0.3, -0.25) is 0 Å². The molecule has 0 aromatic heterocycles. The van der Waals surface area contributed by atoms with E-state index in [0.29, 0.717) is 11.3 Å². The van der Waals surface area contributed by atoms with Crippen molar-refractivity contribution < 1.29 is 9.84 Å². The zero-order valence-electron chi connectivity index (χ0n) is 12.4. The number of ether oxygens (including phenoxy) is 1. The predicted molar refractivity (Wildman–Crippen MR) is 78.7 cm³/mol. The van der Waals surface area contributed by atoms with Crippen LogP contribution in [0.4, 0.5) is 0 Å². The molecular formula is C17H26O2. The SMILES string of the molecule is CC(C)O/C=C(/C=C(\C=C\C1(C)CC1)CO)C1CC1. The van der Waals surface area contributed by atoms with E-state index in [1.807, 2.05) is 20.1 Å². The molecule has 0 spiro atoms. The summed E-state index contributed by atoms with van der Waals surface area (Å²) in [5.41, 5.74) is 2.59. The summed E-state index contributed by atoms with van der Waals surface area (Å²) in [4.78, 5) is 0. The highest BCUT2D eigenvalue weighted by molar-refractivity contribution is 5.34. The third-order valence-corrected chi connectivity index (χ3v) is 3.80. The number of allylic oxidation sites excluding steroid dienone is 3. The van der Waals surface area contributed by atoms with Crippen LogP contribution in [-0.2, 0) is 4.74 Å². The van der Waals surface area contributed by atoms with E-state index in [0.717, 1.165) is 5.57 Å². The summed E-state index contributed by atoms with van der Waals surface area (Å²) in [5, 5.41) is 9.48. The molecule has 0 amide bonds. The zero-order valence-corrected chi connectivity index (χ0v) is 12.4. The van der Waals surface area contributed by atoms with E-state index in [-0.39, 0.29) is 12.7 Å². The van der Waals surface area contributed by atoms with Crippen LogP contribution < -0.4 is 0 Å². The molecule has 0 unspecified atom stereocenters. The van der Waals surface area contributed by atoms with Gasteiger partial charge >= 0.3 is 0 Å². The lowest BCUT2D eigenvalue weighted by Gasteiger charge is -2.08. The van der Waals surface area contributed by atoms with Crippen LogP contribution in [-0.4, -0.2) is 17.8 Å². The molecule has 0 saturated heterocycles. The first-order valence-corrected chi connectivity index (χ1v) is 7.38. The standard InChI is InChI=1S/C17H26O2/c1-13(2)19-12-16(15-4-5-15)10-14(11-18)6-7-17(3)8-9-17/h6-7,10,12-13,15,18H,4-5,8-9,11H2,1-3H3/b7-6+,14-10+,16-12-. The van der Waals surface area contributed by atoms with Gasteiger partial charge in [0.1, 0.15) is 0 Å². The first-order valence-electron chi connectivity index (χ1n) is 7.38. The lowest BCUT2D eigenvalue weighted by molar-refractivity contribution is 0.177. The second kappa shape index (κ2) is 5.96. The molecular weight excluding hydrogens is 236 g/mol. The fourth-order valence-electron chi connectivity index (χ4n) is 1.91. The largest absolute Gasteiger partial charge is 0.498 e. The van der Waals surface area contributed by atoms with Crippen molar-refractivity contribution in [2.75, 3.05) is 6.61 Å². The Hall–Kier alpha value is -1.02. The molecule has 0 heterocycles. The molecule has 0 radical (unpaired) electrons. The lowest BCUT2D eigenvalue weighted by atomic mass is 10.0. The number of aliphatic hydroxyl groups is 1. The van der Waals surface area contributed by atoms with Gasteiger partial charge < -0.3 is 9.84 Å². The van der Waals surface area contributed by atoms with Crippen molar-refractivity contribution >= 4 is 0 Å². The van der Waals surface area contributed by atoms with Crippen LogP contribution in [0.3, 0.4) is 0 Å². The summed E-state index contributed by atoms with van der Waals surface area (Å²) in [6.07, 6.45) is 13.5. The van der Waals surface area contributed by atoms with Gasteiger partial charge in [-0.25, -0.2) is 0 Å². The third kappa shape index (κ3) is 4.87. The van der Waals surface area contributed by atoms with Crippen LogP contribution in [0.1, 0.15) is 46.5 Å². The van der Waals surface area contributed by atoms with Crippen LogP contribution >= 0.6 is 0 Å². The maximum Gasteiger partial charge on any atom is 0.0922 e. The molecule has 19 heavy (non-hydrogen) atoms. The van der Waals surface area contributed by atoms with Crippen molar-refractivity contribution in [3.63, 3.8) is 0 Å².